The summed E-state index contributed by atoms with van der Waals surface area (Å²) >= 11 is 0. The Hall–Kier alpha value is -1.04. The quantitative estimate of drug-likeness (QED) is 0.249. The van der Waals surface area contributed by atoms with E-state index in [1.165, 1.54) is 64.2 Å². The van der Waals surface area contributed by atoms with Gasteiger partial charge >= 0.3 is 0 Å². The normalized spacial score (nSPS) is 15.5. The van der Waals surface area contributed by atoms with Crippen molar-refractivity contribution in [1.82, 2.24) is 0 Å². The number of hydrogen-bond acceptors (Lipinski definition) is 0. The van der Waals surface area contributed by atoms with Crippen molar-refractivity contribution < 1.29 is 0 Å². The van der Waals surface area contributed by atoms with Gasteiger partial charge in [-0.15, -0.1) is 13.2 Å². The summed E-state index contributed by atoms with van der Waals surface area (Å²) in [5.74, 6) is 0.940. The number of rotatable bonds is 13. The summed E-state index contributed by atoms with van der Waals surface area (Å²) in [4.78, 5) is 0. The predicted molar refractivity (Wildman–Crippen MR) is 96.5 cm³/mol. The summed E-state index contributed by atoms with van der Waals surface area (Å²) < 4.78 is 0. The van der Waals surface area contributed by atoms with Gasteiger partial charge in [0, 0.05) is 0 Å². The SMILES string of the molecule is C=CCCCCC(=CCCCC1CC=CC1)CCCC=C. The number of unbranched alkanes of at least 4 members (excludes halogenated alkanes) is 4. The lowest BCUT2D eigenvalue weighted by atomic mass is 9.97. The second kappa shape index (κ2) is 12.7. The van der Waals surface area contributed by atoms with E-state index < -0.39 is 0 Å². The molecule has 1 rings (SSSR count). The Kier molecular flexibility index (Phi) is 10.9. The first-order chi connectivity index (χ1) is 10.4. The molecule has 0 bridgehead atoms. The third kappa shape index (κ3) is 9.50. The molecule has 0 aromatic carbocycles. The van der Waals surface area contributed by atoms with Crippen molar-refractivity contribution in [3.8, 4) is 0 Å². The van der Waals surface area contributed by atoms with Gasteiger partial charge in [0.1, 0.15) is 0 Å². The highest BCUT2D eigenvalue weighted by molar-refractivity contribution is 5.02. The Balaban J connectivity index is 2.21. The van der Waals surface area contributed by atoms with Crippen LogP contribution in [0.5, 0.6) is 0 Å². The van der Waals surface area contributed by atoms with Crippen LogP contribution in [0.15, 0.2) is 49.1 Å². The third-order valence-electron chi connectivity index (χ3n) is 4.42. The molecule has 0 amide bonds. The third-order valence-corrected chi connectivity index (χ3v) is 4.42. The van der Waals surface area contributed by atoms with Gasteiger partial charge in [-0.05, 0) is 83.0 Å². The summed E-state index contributed by atoms with van der Waals surface area (Å²) in [5, 5.41) is 0. The van der Waals surface area contributed by atoms with E-state index in [0.717, 1.165) is 18.8 Å². The maximum absolute atomic E-state index is 3.83. The van der Waals surface area contributed by atoms with E-state index in [2.05, 4.69) is 31.4 Å². The van der Waals surface area contributed by atoms with E-state index in [1.54, 1.807) is 5.57 Å². The second-order valence-electron chi connectivity index (χ2n) is 6.32. The molecule has 0 atom stereocenters. The highest BCUT2D eigenvalue weighted by atomic mass is 14.1. The fourth-order valence-corrected chi connectivity index (χ4v) is 3.07. The van der Waals surface area contributed by atoms with E-state index in [9.17, 15) is 0 Å². The minimum atomic E-state index is 0.940. The zero-order valence-corrected chi connectivity index (χ0v) is 13.9. The smallest absolute Gasteiger partial charge is 0.0317 e. The van der Waals surface area contributed by atoms with Crippen LogP contribution in [0.25, 0.3) is 0 Å². The first-order valence-electron chi connectivity index (χ1n) is 8.91. The second-order valence-corrected chi connectivity index (χ2v) is 6.32. The first-order valence-corrected chi connectivity index (χ1v) is 8.91. The van der Waals surface area contributed by atoms with Crippen LogP contribution < -0.4 is 0 Å². The molecule has 0 unspecified atom stereocenters. The average molecular weight is 287 g/mol. The van der Waals surface area contributed by atoms with Crippen molar-refractivity contribution in [2.75, 3.05) is 0 Å². The van der Waals surface area contributed by atoms with Gasteiger partial charge in [0.05, 0.1) is 0 Å². The molecular formula is C21H34. The summed E-state index contributed by atoms with van der Waals surface area (Å²) in [6.07, 6.45) is 26.7. The Labute approximate surface area is 132 Å². The molecule has 1 aliphatic carbocycles. The van der Waals surface area contributed by atoms with Crippen LogP contribution in [0.3, 0.4) is 0 Å². The molecule has 0 saturated heterocycles. The maximum Gasteiger partial charge on any atom is -0.0317 e. The number of hydrogen-bond donors (Lipinski definition) is 0. The Morgan fingerprint density at radius 3 is 2.24 bits per heavy atom. The number of allylic oxidation sites excluding steroid dienone is 6. The highest BCUT2D eigenvalue weighted by Gasteiger charge is 2.08. The van der Waals surface area contributed by atoms with Crippen molar-refractivity contribution in [2.24, 2.45) is 5.92 Å². The molecule has 1 aliphatic rings. The zero-order valence-electron chi connectivity index (χ0n) is 13.9. The standard InChI is InChI=1S/C21H34/c1-3-5-7-9-15-20(14-8-6-4-2)16-10-11-17-21-18-12-13-19-21/h3-4,12-13,16,21H,1-2,5-11,14-15,17-19H2. The van der Waals surface area contributed by atoms with Crippen LogP contribution in [0.2, 0.25) is 0 Å². The predicted octanol–water partition coefficient (Wildman–Crippen LogP) is 7.15. The molecule has 0 heterocycles. The van der Waals surface area contributed by atoms with Crippen molar-refractivity contribution >= 4 is 0 Å². The van der Waals surface area contributed by atoms with Crippen molar-refractivity contribution in [1.29, 1.82) is 0 Å². The van der Waals surface area contributed by atoms with E-state index in [1.807, 2.05) is 12.2 Å². The zero-order chi connectivity index (χ0) is 15.2. The first kappa shape index (κ1) is 18.0. The van der Waals surface area contributed by atoms with Crippen LogP contribution in [0, 0.1) is 5.92 Å². The molecule has 0 fully saturated rings. The van der Waals surface area contributed by atoms with Crippen LogP contribution in [0.4, 0.5) is 0 Å². The molecule has 0 spiro atoms. The van der Waals surface area contributed by atoms with E-state index in [0.29, 0.717) is 0 Å². The fraction of sp³-hybridized carbons (Fsp3) is 0.619. The molecule has 0 saturated carbocycles. The largest absolute Gasteiger partial charge is 0.103 e. The monoisotopic (exact) mass is 286 g/mol. The molecule has 0 N–H and O–H groups in total. The van der Waals surface area contributed by atoms with E-state index in [-0.39, 0.29) is 0 Å². The van der Waals surface area contributed by atoms with Crippen molar-refractivity contribution in [2.45, 2.75) is 77.0 Å². The van der Waals surface area contributed by atoms with Gasteiger partial charge in [-0.1, -0.05) is 36.0 Å². The fourth-order valence-electron chi connectivity index (χ4n) is 3.07. The van der Waals surface area contributed by atoms with Gasteiger partial charge in [-0.3, -0.25) is 0 Å². The topological polar surface area (TPSA) is 0 Å². The summed E-state index contributed by atoms with van der Waals surface area (Å²) in [5.41, 5.74) is 1.69. The van der Waals surface area contributed by atoms with Gasteiger partial charge < -0.3 is 0 Å². The lowest BCUT2D eigenvalue weighted by Gasteiger charge is -2.09. The van der Waals surface area contributed by atoms with Gasteiger partial charge in [0.15, 0.2) is 0 Å². The Bertz CT molecular complexity index is 324. The van der Waals surface area contributed by atoms with Gasteiger partial charge in [0.2, 0.25) is 0 Å². The minimum absolute atomic E-state index is 0.940. The van der Waals surface area contributed by atoms with Crippen LogP contribution in [0.1, 0.15) is 77.0 Å². The van der Waals surface area contributed by atoms with Gasteiger partial charge in [-0.2, -0.15) is 0 Å². The molecule has 0 aliphatic heterocycles. The van der Waals surface area contributed by atoms with Crippen LogP contribution >= 0.6 is 0 Å². The van der Waals surface area contributed by atoms with Crippen LogP contribution in [-0.2, 0) is 0 Å². The minimum Gasteiger partial charge on any atom is -0.103 e. The molecular weight excluding hydrogens is 252 g/mol. The highest BCUT2D eigenvalue weighted by Crippen LogP contribution is 2.24. The summed E-state index contributed by atoms with van der Waals surface area (Å²) in [6, 6.07) is 0. The maximum atomic E-state index is 3.83. The van der Waals surface area contributed by atoms with Gasteiger partial charge in [-0.25, -0.2) is 0 Å². The van der Waals surface area contributed by atoms with Crippen molar-refractivity contribution in [3.63, 3.8) is 0 Å². The molecule has 118 valence electrons. The molecule has 0 radical (unpaired) electrons. The van der Waals surface area contributed by atoms with Crippen LogP contribution in [-0.4, -0.2) is 0 Å². The average Bonchev–Trinajstić information content (AvgIpc) is 3.00. The lowest BCUT2D eigenvalue weighted by molar-refractivity contribution is 0.501. The Morgan fingerprint density at radius 2 is 1.52 bits per heavy atom. The molecule has 0 aromatic rings. The molecule has 21 heavy (non-hydrogen) atoms. The van der Waals surface area contributed by atoms with E-state index >= 15 is 0 Å². The lowest BCUT2D eigenvalue weighted by Crippen LogP contribution is -1.93. The molecule has 0 aromatic heterocycles. The van der Waals surface area contributed by atoms with Gasteiger partial charge in [0.25, 0.3) is 0 Å². The summed E-state index contributed by atoms with van der Waals surface area (Å²) in [6.45, 7) is 7.63. The van der Waals surface area contributed by atoms with Crippen molar-refractivity contribution in [3.05, 3.63) is 49.1 Å². The molecule has 0 nitrogen and oxygen atoms in total. The molecule has 0 heteroatoms. The van der Waals surface area contributed by atoms with E-state index in [4.69, 9.17) is 0 Å². The summed E-state index contributed by atoms with van der Waals surface area (Å²) in [7, 11) is 0. The Morgan fingerprint density at radius 1 is 0.857 bits per heavy atom.